The van der Waals surface area contributed by atoms with Crippen LogP contribution in [0.3, 0.4) is 0 Å². The van der Waals surface area contributed by atoms with E-state index in [-0.39, 0.29) is 22.8 Å². The van der Waals surface area contributed by atoms with Crippen molar-refractivity contribution in [1.82, 2.24) is 24.9 Å². The number of amides is 2. The topological polar surface area (TPSA) is 113 Å². The molecule has 2 N–H and O–H groups in total. The highest BCUT2D eigenvalue weighted by Crippen LogP contribution is 2.21. The monoisotopic (exact) mass is 475 g/mol. The van der Waals surface area contributed by atoms with Gasteiger partial charge in [-0.1, -0.05) is 13.8 Å². The zero-order chi connectivity index (χ0) is 24.2. The first-order chi connectivity index (χ1) is 15.6. The molecule has 3 rings (SSSR count). The van der Waals surface area contributed by atoms with Crippen LogP contribution in [0, 0.1) is 19.8 Å². The Morgan fingerprint density at radius 1 is 1.06 bits per heavy atom. The number of hydrogen-bond donors (Lipinski definition) is 2. The van der Waals surface area contributed by atoms with Crippen LogP contribution in [0.4, 0.5) is 0 Å². The molecule has 2 heterocycles. The number of sulfonamides is 1. The van der Waals surface area contributed by atoms with E-state index in [1.54, 1.807) is 0 Å². The van der Waals surface area contributed by atoms with Gasteiger partial charge in [0.25, 0.3) is 5.91 Å². The van der Waals surface area contributed by atoms with E-state index >= 15 is 0 Å². The number of hydrazine groups is 1. The fourth-order valence-electron chi connectivity index (χ4n) is 3.97. The first-order valence-electron chi connectivity index (χ1n) is 11.3. The molecule has 0 unspecified atom stereocenters. The molecule has 180 valence electrons. The van der Waals surface area contributed by atoms with E-state index in [1.807, 2.05) is 18.5 Å². The van der Waals surface area contributed by atoms with Gasteiger partial charge < -0.3 is 0 Å². The number of rotatable bonds is 8. The van der Waals surface area contributed by atoms with Crippen molar-refractivity contribution in [1.29, 1.82) is 0 Å². The Labute approximate surface area is 195 Å². The maximum atomic E-state index is 12.6. The Bertz CT molecular complexity index is 1100. The van der Waals surface area contributed by atoms with E-state index in [9.17, 15) is 18.0 Å². The van der Waals surface area contributed by atoms with E-state index in [1.165, 1.54) is 28.6 Å². The zero-order valence-corrected chi connectivity index (χ0v) is 20.5. The standard InChI is InChI=1S/C23H33N5O4S/c1-16(2)15-28-18(4)21(17(3)26-28)11-12-22(29)24-25-23(30)19-7-9-20(10-8-19)33(31,32)27-13-5-6-14-27/h7-10,16H,5-6,11-15H2,1-4H3,(H,24,29)(H,25,30). The van der Waals surface area contributed by atoms with Gasteiger partial charge in [-0.2, -0.15) is 9.40 Å². The lowest BCUT2D eigenvalue weighted by Gasteiger charge is -2.15. The maximum absolute atomic E-state index is 12.6. The van der Waals surface area contributed by atoms with Crippen LogP contribution in [0.25, 0.3) is 0 Å². The van der Waals surface area contributed by atoms with Crippen LogP contribution in [-0.2, 0) is 27.8 Å². The Morgan fingerprint density at radius 2 is 1.70 bits per heavy atom. The van der Waals surface area contributed by atoms with Gasteiger partial charge in [0, 0.05) is 37.3 Å². The molecule has 2 amide bonds. The van der Waals surface area contributed by atoms with Crippen molar-refractivity contribution in [3.05, 3.63) is 46.8 Å². The molecule has 33 heavy (non-hydrogen) atoms. The fraction of sp³-hybridized carbons (Fsp3) is 0.522. The highest BCUT2D eigenvalue weighted by atomic mass is 32.2. The van der Waals surface area contributed by atoms with E-state index < -0.39 is 15.9 Å². The third-order valence-electron chi connectivity index (χ3n) is 5.81. The van der Waals surface area contributed by atoms with Gasteiger partial charge in [0.05, 0.1) is 10.6 Å². The van der Waals surface area contributed by atoms with Crippen molar-refractivity contribution in [3.8, 4) is 0 Å². The van der Waals surface area contributed by atoms with E-state index in [4.69, 9.17) is 0 Å². The number of carbonyl (C=O) groups excluding carboxylic acids is 2. The number of nitrogens with one attached hydrogen (secondary N) is 2. The molecule has 0 spiro atoms. The zero-order valence-electron chi connectivity index (χ0n) is 19.7. The minimum atomic E-state index is -3.53. The van der Waals surface area contributed by atoms with Crippen molar-refractivity contribution in [2.75, 3.05) is 13.1 Å². The predicted octanol–water partition coefficient (Wildman–Crippen LogP) is 2.33. The smallest absolute Gasteiger partial charge is 0.269 e. The molecule has 1 fully saturated rings. The molecule has 1 aliphatic heterocycles. The number of hydrogen-bond acceptors (Lipinski definition) is 5. The number of benzene rings is 1. The molecular formula is C23H33N5O4S. The summed E-state index contributed by atoms with van der Waals surface area (Å²) in [7, 11) is -3.53. The van der Waals surface area contributed by atoms with E-state index in [0.29, 0.717) is 25.4 Å². The van der Waals surface area contributed by atoms with Gasteiger partial charge in [-0.25, -0.2) is 8.42 Å². The predicted molar refractivity (Wildman–Crippen MR) is 125 cm³/mol. The number of aryl methyl sites for hydroxylation is 1. The Hall–Kier alpha value is -2.72. The highest BCUT2D eigenvalue weighted by Gasteiger charge is 2.27. The van der Waals surface area contributed by atoms with Crippen molar-refractivity contribution in [2.24, 2.45) is 5.92 Å². The van der Waals surface area contributed by atoms with Gasteiger partial charge in [-0.05, 0) is 68.9 Å². The third-order valence-corrected chi connectivity index (χ3v) is 7.72. The molecule has 1 aromatic carbocycles. The third kappa shape index (κ3) is 6.00. The van der Waals surface area contributed by atoms with Crippen LogP contribution in [0.2, 0.25) is 0 Å². The lowest BCUT2D eigenvalue weighted by molar-refractivity contribution is -0.121. The van der Waals surface area contributed by atoms with Crippen LogP contribution in [0.15, 0.2) is 29.2 Å². The first-order valence-corrected chi connectivity index (χ1v) is 12.8. The van der Waals surface area contributed by atoms with Gasteiger partial charge in [0.1, 0.15) is 0 Å². The second-order valence-electron chi connectivity index (χ2n) is 8.86. The highest BCUT2D eigenvalue weighted by molar-refractivity contribution is 7.89. The van der Waals surface area contributed by atoms with Gasteiger partial charge in [-0.15, -0.1) is 0 Å². The molecular weight excluding hydrogens is 442 g/mol. The molecule has 0 atom stereocenters. The second-order valence-corrected chi connectivity index (χ2v) is 10.8. The molecule has 0 saturated carbocycles. The van der Waals surface area contributed by atoms with Gasteiger partial charge in [0.15, 0.2) is 0 Å². The minimum Gasteiger partial charge on any atom is -0.273 e. The molecule has 9 nitrogen and oxygen atoms in total. The largest absolute Gasteiger partial charge is 0.273 e. The van der Waals surface area contributed by atoms with Crippen LogP contribution in [0.1, 0.15) is 60.4 Å². The Morgan fingerprint density at radius 3 is 2.30 bits per heavy atom. The molecule has 2 aromatic rings. The average molecular weight is 476 g/mol. The van der Waals surface area contributed by atoms with E-state index in [2.05, 4.69) is 29.8 Å². The summed E-state index contributed by atoms with van der Waals surface area (Å²) in [6, 6.07) is 5.73. The number of aromatic nitrogens is 2. The SMILES string of the molecule is Cc1nn(CC(C)C)c(C)c1CCC(=O)NNC(=O)c1ccc(S(=O)(=O)N2CCCC2)cc1. The van der Waals surface area contributed by atoms with Crippen LogP contribution in [0.5, 0.6) is 0 Å². The van der Waals surface area contributed by atoms with E-state index in [0.717, 1.165) is 36.3 Å². The molecule has 10 heteroatoms. The minimum absolute atomic E-state index is 0.161. The molecule has 0 bridgehead atoms. The van der Waals surface area contributed by atoms with Crippen molar-refractivity contribution in [2.45, 2.75) is 64.8 Å². The summed E-state index contributed by atoms with van der Waals surface area (Å²) in [4.78, 5) is 24.8. The molecule has 1 aliphatic rings. The van der Waals surface area contributed by atoms with Crippen molar-refractivity contribution < 1.29 is 18.0 Å². The Kier molecular flexibility index (Phi) is 7.91. The summed E-state index contributed by atoms with van der Waals surface area (Å²) in [5.41, 5.74) is 8.09. The quantitative estimate of drug-likeness (QED) is 0.569. The van der Waals surface area contributed by atoms with Crippen molar-refractivity contribution >= 4 is 21.8 Å². The molecule has 1 saturated heterocycles. The lowest BCUT2D eigenvalue weighted by Crippen LogP contribution is -2.41. The maximum Gasteiger partial charge on any atom is 0.269 e. The summed E-state index contributed by atoms with van der Waals surface area (Å²) in [5.74, 6) is -0.346. The Balaban J connectivity index is 1.51. The fourth-order valence-corrected chi connectivity index (χ4v) is 5.49. The molecule has 0 radical (unpaired) electrons. The van der Waals surface area contributed by atoms with Gasteiger partial charge in [-0.3, -0.25) is 25.1 Å². The first kappa shape index (κ1) is 24.9. The van der Waals surface area contributed by atoms with Crippen LogP contribution >= 0.6 is 0 Å². The summed E-state index contributed by atoms with van der Waals surface area (Å²) in [6.45, 7) is 10.1. The second kappa shape index (κ2) is 10.5. The molecule has 1 aromatic heterocycles. The summed E-state index contributed by atoms with van der Waals surface area (Å²) in [5, 5.41) is 4.56. The van der Waals surface area contributed by atoms with Crippen molar-refractivity contribution in [3.63, 3.8) is 0 Å². The van der Waals surface area contributed by atoms with Gasteiger partial charge >= 0.3 is 0 Å². The average Bonchev–Trinajstić information content (AvgIpc) is 3.40. The number of nitrogens with zero attached hydrogens (tertiary/aromatic N) is 3. The normalized spacial score (nSPS) is 14.6. The van der Waals surface area contributed by atoms with Gasteiger partial charge in [0.2, 0.25) is 15.9 Å². The summed E-state index contributed by atoms with van der Waals surface area (Å²) >= 11 is 0. The summed E-state index contributed by atoms with van der Waals surface area (Å²) in [6.07, 6.45) is 2.46. The lowest BCUT2D eigenvalue weighted by atomic mass is 10.1. The van der Waals surface area contributed by atoms with Crippen LogP contribution in [-0.4, -0.2) is 47.4 Å². The number of carbonyl (C=O) groups is 2. The molecule has 0 aliphatic carbocycles. The van der Waals surface area contributed by atoms with Crippen LogP contribution < -0.4 is 10.9 Å². The summed E-state index contributed by atoms with van der Waals surface area (Å²) < 4.78 is 28.6.